The lowest BCUT2D eigenvalue weighted by atomic mass is 10.0. The Labute approximate surface area is 204 Å². The van der Waals surface area contributed by atoms with E-state index in [1.807, 2.05) is 32.9 Å². The van der Waals surface area contributed by atoms with Crippen molar-refractivity contribution in [2.45, 2.75) is 76.9 Å². The summed E-state index contributed by atoms with van der Waals surface area (Å²) in [5.41, 5.74) is 5.11. The largest absolute Gasteiger partial charge is 0.352 e. The van der Waals surface area contributed by atoms with Gasteiger partial charge in [-0.05, 0) is 70.1 Å². The second-order valence-electron chi connectivity index (χ2n) is 10.0. The Balaban J connectivity index is 1.38. The first-order valence-corrected chi connectivity index (χ1v) is 13.8. The normalized spacial score (nSPS) is 20.5. The number of hydrogen-bond acceptors (Lipinski definition) is 4. The number of likely N-dealkylation sites (tertiary alicyclic amines) is 1. The highest BCUT2D eigenvalue weighted by molar-refractivity contribution is 7.89. The average Bonchev–Trinajstić information content (AvgIpc) is 3.25. The van der Waals surface area contributed by atoms with Crippen LogP contribution in [0.1, 0.15) is 53.5 Å². The fraction of sp³-hybridized carbons (Fsp3) is 0.519. The van der Waals surface area contributed by atoms with E-state index in [2.05, 4.69) is 41.4 Å². The van der Waals surface area contributed by atoms with Crippen LogP contribution in [0.3, 0.4) is 0 Å². The van der Waals surface area contributed by atoms with Crippen LogP contribution in [0.15, 0.2) is 41.3 Å². The van der Waals surface area contributed by atoms with Crippen LogP contribution in [0.2, 0.25) is 0 Å². The Hall–Kier alpha value is -2.22. The van der Waals surface area contributed by atoms with Crippen molar-refractivity contribution in [2.24, 2.45) is 0 Å². The van der Waals surface area contributed by atoms with Crippen molar-refractivity contribution in [3.05, 3.63) is 64.2 Å². The van der Waals surface area contributed by atoms with Gasteiger partial charge >= 0.3 is 0 Å². The SMILES string of the molecule is Cc1cccc(CN2CCC(NC(=O)C3CCCN3S(=O)(=O)c3c(C)cc(C)cc3C)CC2)c1. The zero-order valence-electron chi connectivity index (χ0n) is 20.8. The first kappa shape index (κ1) is 24.9. The summed E-state index contributed by atoms with van der Waals surface area (Å²) in [6.07, 6.45) is 3.04. The first-order chi connectivity index (χ1) is 16.1. The van der Waals surface area contributed by atoms with Gasteiger partial charge < -0.3 is 5.32 Å². The molecule has 1 N–H and O–H groups in total. The quantitative estimate of drug-likeness (QED) is 0.678. The molecule has 4 rings (SSSR count). The van der Waals surface area contributed by atoms with Crippen LogP contribution in [0.4, 0.5) is 0 Å². The molecule has 7 heteroatoms. The lowest BCUT2D eigenvalue weighted by molar-refractivity contribution is -0.125. The van der Waals surface area contributed by atoms with Crippen LogP contribution in [0, 0.1) is 27.7 Å². The number of amides is 1. The molecule has 0 saturated carbocycles. The molecule has 6 nitrogen and oxygen atoms in total. The minimum absolute atomic E-state index is 0.0919. The van der Waals surface area contributed by atoms with Crippen molar-refractivity contribution in [3.63, 3.8) is 0 Å². The molecule has 1 amide bonds. The van der Waals surface area contributed by atoms with Gasteiger partial charge in [0.1, 0.15) is 6.04 Å². The first-order valence-electron chi connectivity index (χ1n) is 12.3. The Bertz CT molecular complexity index is 1130. The molecule has 0 aliphatic carbocycles. The van der Waals surface area contributed by atoms with E-state index in [1.165, 1.54) is 15.4 Å². The second-order valence-corrected chi connectivity index (χ2v) is 11.9. The van der Waals surface area contributed by atoms with Crippen LogP contribution < -0.4 is 5.32 Å². The summed E-state index contributed by atoms with van der Waals surface area (Å²) in [6.45, 7) is 10.9. The number of carbonyl (C=O) groups is 1. The van der Waals surface area contributed by atoms with Crippen LogP contribution >= 0.6 is 0 Å². The summed E-state index contributed by atoms with van der Waals surface area (Å²) >= 11 is 0. The summed E-state index contributed by atoms with van der Waals surface area (Å²) in [5, 5.41) is 3.17. The van der Waals surface area contributed by atoms with E-state index in [0.717, 1.165) is 49.2 Å². The average molecular weight is 484 g/mol. The Morgan fingerprint density at radius 1 is 0.941 bits per heavy atom. The Morgan fingerprint density at radius 2 is 1.62 bits per heavy atom. The monoisotopic (exact) mass is 483 g/mol. The van der Waals surface area contributed by atoms with Gasteiger partial charge in [0.05, 0.1) is 4.90 Å². The molecule has 34 heavy (non-hydrogen) atoms. The van der Waals surface area contributed by atoms with Gasteiger partial charge in [0.15, 0.2) is 0 Å². The number of benzene rings is 2. The Morgan fingerprint density at radius 3 is 2.26 bits per heavy atom. The van der Waals surface area contributed by atoms with E-state index in [9.17, 15) is 13.2 Å². The number of nitrogens with one attached hydrogen (secondary N) is 1. The van der Waals surface area contributed by atoms with Crippen LogP contribution in [0.25, 0.3) is 0 Å². The van der Waals surface area contributed by atoms with Gasteiger partial charge in [-0.1, -0.05) is 47.5 Å². The minimum atomic E-state index is -3.73. The molecule has 1 unspecified atom stereocenters. The fourth-order valence-corrected chi connectivity index (χ4v) is 7.65. The molecule has 0 aromatic heterocycles. The van der Waals surface area contributed by atoms with Crippen molar-refractivity contribution in [3.8, 4) is 0 Å². The second kappa shape index (κ2) is 10.2. The standard InChI is InChI=1S/C27H37N3O3S/c1-19-7-5-8-23(17-19)18-29-13-10-24(11-14-29)28-27(31)25-9-6-12-30(25)34(32,33)26-21(3)15-20(2)16-22(26)4/h5,7-8,15-17,24-25H,6,9-14,18H2,1-4H3,(H,28,31). The van der Waals surface area contributed by atoms with Gasteiger partial charge in [0, 0.05) is 32.2 Å². The predicted octanol–water partition coefficient (Wildman–Crippen LogP) is 3.85. The summed E-state index contributed by atoms with van der Waals surface area (Å²) < 4.78 is 28.6. The molecule has 2 heterocycles. The van der Waals surface area contributed by atoms with Crippen molar-refractivity contribution in [1.29, 1.82) is 0 Å². The van der Waals surface area contributed by atoms with Crippen LogP contribution in [-0.4, -0.2) is 55.2 Å². The molecule has 2 aromatic carbocycles. The smallest absolute Gasteiger partial charge is 0.244 e. The van der Waals surface area contributed by atoms with Gasteiger partial charge in [-0.2, -0.15) is 4.31 Å². The van der Waals surface area contributed by atoms with Crippen molar-refractivity contribution >= 4 is 15.9 Å². The Kier molecular flexibility index (Phi) is 7.45. The number of rotatable bonds is 6. The third-order valence-corrected chi connectivity index (χ3v) is 9.31. The van der Waals surface area contributed by atoms with Crippen LogP contribution in [0.5, 0.6) is 0 Å². The summed E-state index contributed by atoms with van der Waals surface area (Å²) in [6, 6.07) is 11.8. The highest BCUT2D eigenvalue weighted by atomic mass is 32.2. The van der Waals surface area contributed by atoms with E-state index < -0.39 is 16.1 Å². The fourth-order valence-electron chi connectivity index (χ4n) is 5.58. The van der Waals surface area contributed by atoms with Gasteiger partial charge in [-0.25, -0.2) is 8.42 Å². The zero-order valence-corrected chi connectivity index (χ0v) is 21.6. The molecule has 2 aliphatic rings. The molecule has 1 atom stereocenters. The van der Waals surface area contributed by atoms with Gasteiger partial charge in [0.2, 0.25) is 15.9 Å². The molecule has 0 radical (unpaired) electrons. The third kappa shape index (κ3) is 5.37. The molecule has 2 saturated heterocycles. The summed E-state index contributed by atoms with van der Waals surface area (Å²) in [5.74, 6) is -0.152. The number of aryl methyl sites for hydroxylation is 4. The molecule has 2 aliphatic heterocycles. The van der Waals surface area contributed by atoms with Crippen molar-refractivity contribution in [1.82, 2.24) is 14.5 Å². The molecular weight excluding hydrogens is 446 g/mol. The number of piperidine rings is 1. The molecule has 2 fully saturated rings. The van der Waals surface area contributed by atoms with Gasteiger partial charge in [-0.15, -0.1) is 0 Å². The summed E-state index contributed by atoms with van der Waals surface area (Å²) in [4.78, 5) is 16.0. The lowest BCUT2D eigenvalue weighted by Gasteiger charge is -2.33. The van der Waals surface area contributed by atoms with E-state index in [4.69, 9.17) is 0 Å². The predicted molar refractivity (Wildman–Crippen MR) is 135 cm³/mol. The molecule has 0 bridgehead atoms. The van der Waals surface area contributed by atoms with E-state index >= 15 is 0 Å². The maximum Gasteiger partial charge on any atom is 0.244 e. The topological polar surface area (TPSA) is 69.7 Å². The number of carbonyl (C=O) groups excluding carboxylic acids is 1. The number of hydrogen-bond donors (Lipinski definition) is 1. The highest BCUT2D eigenvalue weighted by Gasteiger charge is 2.41. The molecular formula is C27H37N3O3S. The molecule has 184 valence electrons. The lowest BCUT2D eigenvalue weighted by Crippen LogP contribution is -2.51. The van der Waals surface area contributed by atoms with E-state index in [1.54, 1.807) is 0 Å². The van der Waals surface area contributed by atoms with Gasteiger partial charge in [0.25, 0.3) is 0 Å². The molecule has 0 spiro atoms. The third-order valence-electron chi connectivity index (χ3n) is 7.10. The minimum Gasteiger partial charge on any atom is -0.352 e. The highest BCUT2D eigenvalue weighted by Crippen LogP contribution is 2.31. The van der Waals surface area contributed by atoms with E-state index in [-0.39, 0.29) is 11.9 Å². The zero-order chi connectivity index (χ0) is 24.5. The van der Waals surface area contributed by atoms with Crippen molar-refractivity contribution in [2.75, 3.05) is 19.6 Å². The van der Waals surface area contributed by atoms with Crippen molar-refractivity contribution < 1.29 is 13.2 Å². The van der Waals surface area contributed by atoms with Gasteiger partial charge in [-0.3, -0.25) is 9.69 Å². The molecule has 2 aromatic rings. The van der Waals surface area contributed by atoms with Crippen LogP contribution in [-0.2, 0) is 21.4 Å². The number of sulfonamides is 1. The summed E-state index contributed by atoms with van der Waals surface area (Å²) in [7, 11) is -3.73. The maximum absolute atomic E-state index is 13.6. The van der Waals surface area contributed by atoms with E-state index in [0.29, 0.717) is 24.3 Å². The maximum atomic E-state index is 13.6. The number of nitrogens with zero attached hydrogens (tertiary/aromatic N) is 2.